The van der Waals surface area contributed by atoms with Crippen LogP contribution in [0.25, 0.3) is 0 Å². The Hall–Kier alpha value is -1.23. The van der Waals surface area contributed by atoms with Crippen LogP contribution >= 0.6 is 24.0 Å². The predicted molar refractivity (Wildman–Crippen MR) is 112 cm³/mol. The fraction of sp³-hybridized carbons (Fsp3) is 0.611. The molecule has 1 heterocycles. The van der Waals surface area contributed by atoms with Crippen LogP contribution in [0.2, 0.25) is 0 Å². The average molecular weight is 500 g/mol. The van der Waals surface area contributed by atoms with Crippen molar-refractivity contribution in [3.05, 3.63) is 30.3 Å². The molecule has 1 N–H and O–H groups in total. The van der Waals surface area contributed by atoms with Crippen LogP contribution < -0.4 is 10.1 Å². The van der Waals surface area contributed by atoms with Crippen molar-refractivity contribution in [3.63, 3.8) is 0 Å². The van der Waals surface area contributed by atoms with Gasteiger partial charge < -0.3 is 15.0 Å². The molecule has 0 spiro atoms. The van der Waals surface area contributed by atoms with Crippen LogP contribution in [0.15, 0.2) is 35.3 Å². The van der Waals surface area contributed by atoms with Gasteiger partial charge in [-0.3, -0.25) is 9.89 Å². The minimum absolute atomic E-state index is 0. The van der Waals surface area contributed by atoms with Crippen LogP contribution in [0.5, 0.6) is 5.75 Å². The number of likely N-dealkylation sites (tertiary alicyclic amines) is 1. The Labute approximate surface area is 176 Å². The van der Waals surface area contributed by atoms with Crippen molar-refractivity contribution in [3.8, 4) is 5.75 Å². The number of hydrogen-bond acceptors (Lipinski definition) is 3. The van der Waals surface area contributed by atoms with Crippen molar-refractivity contribution in [1.82, 2.24) is 15.1 Å². The fourth-order valence-corrected chi connectivity index (χ4v) is 2.88. The lowest BCUT2D eigenvalue weighted by molar-refractivity contribution is -0.143. The number of ether oxygens (including phenoxy) is 1. The zero-order chi connectivity index (χ0) is 19.0. The topological polar surface area (TPSA) is 40.1 Å². The molecular formula is C18H28F3IN4O. The molecule has 27 heavy (non-hydrogen) atoms. The molecule has 0 radical (unpaired) electrons. The zero-order valence-corrected chi connectivity index (χ0v) is 18.0. The summed E-state index contributed by atoms with van der Waals surface area (Å²) in [7, 11) is 1.90. The number of hydrogen-bond donors (Lipinski definition) is 1. The summed E-state index contributed by atoms with van der Waals surface area (Å²) in [6.07, 6.45) is -3.48. The van der Waals surface area contributed by atoms with E-state index < -0.39 is 12.7 Å². The molecule has 0 saturated carbocycles. The van der Waals surface area contributed by atoms with Crippen LogP contribution in [0, 0.1) is 0 Å². The van der Waals surface area contributed by atoms with E-state index in [1.807, 2.05) is 49.2 Å². The highest BCUT2D eigenvalue weighted by Crippen LogP contribution is 2.20. The van der Waals surface area contributed by atoms with E-state index in [0.29, 0.717) is 45.2 Å². The molecule has 1 unspecified atom stereocenters. The maximum Gasteiger partial charge on any atom is 0.401 e. The van der Waals surface area contributed by atoms with Crippen molar-refractivity contribution in [2.24, 2.45) is 4.99 Å². The lowest BCUT2D eigenvalue weighted by atomic mass is 10.3. The molecule has 1 atom stereocenters. The summed E-state index contributed by atoms with van der Waals surface area (Å²) < 4.78 is 43.2. The molecule has 0 aliphatic carbocycles. The van der Waals surface area contributed by atoms with E-state index in [0.717, 1.165) is 5.75 Å². The first-order valence-electron chi connectivity index (χ1n) is 8.86. The van der Waals surface area contributed by atoms with E-state index in [9.17, 15) is 13.2 Å². The number of aliphatic imine (C=N–C) groups is 1. The number of rotatable bonds is 7. The number of halogens is 4. The van der Waals surface area contributed by atoms with Crippen molar-refractivity contribution < 1.29 is 17.9 Å². The molecule has 5 nitrogen and oxygen atoms in total. The van der Waals surface area contributed by atoms with E-state index in [4.69, 9.17) is 4.74 Å². The zero-order valence-electron chi connectivity index (χ0n) is 15.7. The minimum atomic E-state index is -4.15. The second kappa shape index (κ2) is 11.6. The number of alkyl halides is 3. The Morgan fingerprint density at radius 3 is 2.67 bits per heavy atom. The van der Waals surface area contributed by atoms with Crippen molar-refractivity contribution in [2.75, 3.05) is 46.4 Å². The monoisotopic (exact) mass is 500 g/mol. The SMILES string of the molecule is CCN=C(NC1CCN(CC(F)(F)F)C1)N(C)CCOc1ccccc1.I. The van der Waals surface area contributed by atoms with Gasteiger partial charge >= 0.3 is 6.18 Å². The number of nitrogens with zero attached hydrogens (tertiary/aromatic N) is 3. The average Bonchev–Trinajstić information content (AvgIpc) is 3.00. The Balaban J connectivity index is 0.00000364. The minimum Gasteiger partial charge on any atom is -0.492 e. The summed E-state index contributed by atoms with van der Waals surface area (Å²) in [5.74, 6) is 1.50. The fourth-order valence-electron chi connectivity index (χ4n) is 2.88. The second-order valence-corrected chi connectivity index (χ2v) is 6.36. The summed E-state index contributed by atoms with van der Waals surface area (Å²) in [5.41, 5.74) is 0. The summed E-state index contributed by atoms with van der Waals surface area (Å²) in [4.78, 5) is 7.82. The molecule has 1 aliphatic heterocycles. The lowest BCUT2D eigenvalue weighted by Gasteiger charge is -2.25. The highest BCUT2D eigenvalue weighted by molar-refractivity contribution is 14.0. The molecule has 0 aromatic heterocycles. The Bertz CT molecular complexity index is 571. The number of benzene rings is 1. The maximum atomic E-state index is 12.5. The van der Waals surface area contributed by atoms with Crippen molar-refractivity contribution in [1.29, 1.82) is 0 Å². The van der Waals surface area contributed by atoms with Gasteiger partial charge in [0.2, 0.25) is 0 Å². The van der Waals surface area contributed by atoms with Gasteiger partial charge in [-0.15, -0.1) is 24.0 Å². The van der Waals surface area contributed by atoms with Crippen LogP contribution in [-0.2, 0) is 0 Å². The third kappa shape index (κ3) is 9.00. The van der Waals surface area contributed by atoms with E-state index in [2.05, 4.69) is 10.3 Å². The second-order valence-electron chi connectivity index (χ2n) is 6.36. The molecule has 1 aromatic carbocycles. The van der Waals surface area contributed by atoms with Crippen LogP contribution in [0.4, 0.5) is 13.2 Å². The largest absolute Gasteiger partial charge is 0.492 e. The van der Waals surface area contributed by atoms with Gasteiger partial charge in [0.1, 0.15) is 12.4 Å². The van der Waals surface area contributed by atoms with E-state index in [1.165, 1.54) is 4.90 Å². The Morgan fingerprint density at radius 2 is 2.04 bits per heavy atom. The van der Waals surface area contributed by atoms with E-state index in [-0.39, 0.29) is 30.0 Å². The summed E-state index contributed by atoms with van der Waals surface area (Å²) in [6, 6.07) is 9.52. The first-order valence-corrected chi connectivity index (χ1v) is 8.86. The van der Waals surface area contributed by atoms with Crippen LogP contribution in [-0.4, -0.2) is 74.4 Å². The highest BCUT2D eigenvalue weighted by atomic mass is 127. The van der Waals surface area contributed by atoms with Gasteiger partial charge in [-0.1, -0.05) is 18.2 Å². The molecule has 0 bridgehead atoms. The molecular weight excluding hydrogens is 472 g/mol. The van der Waals surface area contributed by atoms with Crippen LogP contribution in [0.1, 0.15) is 13.3 Å². The molecule has 1 fully saturated rings. The van der Waals surface area contributed by atoms with E-state index in [1.54, 1.807) is 0 Å². The van der Waals surface area contributed by atoms with Crippen molar-refractivity contribution >= 4 is 29.9 Å². The lowest BCUT2D eigenvalue weighted by Crippen LogP contribution is -2.47. The van der Waals surface area contributed by atoms with Gasteiger partial charge in [-0.05, 0) is 25.5 Å². The van der Waals surface area contributed by atoms with Gasteiger partial charge in [0.05, 0.1) is 13.1 Å². The van der Waals surface area contributed by atoms with Crippen LogP contribution in [0.3, 0.4) is 0 Å². The summed E-state index contributed by atoms with van der Waals surface area (Å²) in [5, 5.41) is 3.29. The van der Waals surface area contributed by atoms with Crippen molar-refractivity contribution in [2.45, 2.75) is 25.6 Å². The van der Waals surface area contributed by atoms with Gasteiger partial charge in [0.25, 0.3) is 0 Å². The normalized spacial score (nSPS) is 18.1. The standard InChI is InChI=1S/C18H27F3N4O.HI/c1-3-22-17(23-15-9-10-25(13-15)14-18(19,20)21)24(2)11-12-26-16-7-5-4-6-8-16;/h4-8,15H,3,9-14H2,1-2H3,(H,22,23);1H. The summed E-state index contributed by atoms with van der Waals surface area (Å²) >= 11 is 0. The maximum absolute atomic E-state index is 12.5. The molecule has 1 saturated heterocycles. The number of likely N-dealkylation sites (N-methyl/N-ethyl adjacent to an activating group) is 1. The third-order valence-electron chi connectivity index (χ3n) is 4.12. The Kier molecular flexibility index (Phi) is 10.2. The molecule has 154 valence electrons. The number of guanidine groups is 1. The molecule has 1 aromatic rings. The first kappa shape index (κ1) is 23.8. The van der Waals surface area contributed by atoms with E-state index >= 15 is 0 Å². The third-order valence-corrected chi connectivity index (χ3v) is 4.12. The molecule has 0 amide bonds. The first-order chi connectivity index (χ1) is 12.4. The van der Waals surface area contributed by atoms with Gasteiger partial charge in [-0.2, -0.15) is 13.2 Å². The van der Waals surface area contributed by atoms with Gasteiger partial charge in [-0.25, -0.2) is 0 Å². The van der Waals surface area contributed by atoms with Gasteiger partial charge in [0, 0.05) is 32.7 Å². The quantitative estimate of drug-likeness (QED) is 0.355. The highest BCUT2D eigenvalue weighted by Gasteiger charge is 2.34. The predicted octanol–water partition coefficient (Wildman–Crippen LogP) is 3.22. The molecule has 9 heteroatoms. The van der Waals surface area contributed by atoms with Gasteiger partial charge in [0.15, 0.2) is 5.96 Å². The number of para-hydroxylation sites is 1. The summed E-state index contributed by atoms with van der Waals surface area (Å²) in [6.45, 7) is 3.61. The smallest absolute Gasteiger partial charge is 0.401 e. The molecule has 2 rings (SSSR count). The molecule has 1 aliphatic rings. The Morgan fingerprint density at radius 1 is 1.33 bits per heavy atom. The number of nitrogens with one attached hydrogen (secondary N) is 1.